The van der Waals surface area contributed by atoms with Crippen LogP contribution in [0.1, 0.15) is 30.9 Å². The van der Waals surface area contributed by atoms with E-state index in [2.05, 4.69) is 15.2 Å². The molecule has 150 valence electrons. The third-order valence-electron chi connectivity index (χ3n) is 5.17. The van der Waals surface area contributed by atoms with Crippen molar-refractivity contribution < 1.29 is 19.4 Å². The Labute approximate surface area is 168 Å². The minimum Gasteiger partial charge on any atom is -0.487 e. The Morgan fingerprint density at radius 2 is 2.14 bits per heavy atom. The second-order valence-corrected chi connectivity index (χ2v) is 7.23. The molecular weight excluding hydrogens is 370 g/mol. The fourth-order valence-corrected chi connectivity index (χ4v) is 3.56. The van der Waals surface area contributed by atoms with Crippen LogP contribution in [-0.2, 0) is 21.7 Å². The van der Waals surface area contributed by atoms with E-state index in [9.17, 15) is 9.90 Å². The third-order valence-corrected chi connectivity index (χ3v) is 5.17. The molecule has 1 saturated carbocycles. The minimum atomic E-state index is -0.985. The molecule has 1 aliphatic rings. The first-order chi connectivity index (χ1) is 14.1. The molecule has 0 radical (unpaired) electrons. The van der Waals surface area contributed by atoms with Crippen LogP contribution in [0.5, 0.6) is 5.75 Å². The number of aliphatic hydroxyl groups is 1. The smallest absolute Gasteiger partial charge is 0.309 e. The van der Waals surface area contributed by atoms with E-state index in [1.165, 1.54) is 0 Å². The third kappa shape index (κ3) is 4.14. The van der Waals surface area contributed by atoms with Gasteiger partial charge in [0.2, 0.25) is 0 Å². The van der Waals surface area contributed by atoms with Gasteiger partial charge in [-0.3, -0.25) is 14.9 Å². The molecule has 0 unspecified atom stereocenters. The Kier molecular flexibility index (Phi) is 5.31. The summed E-state index contributed by atoms with van der Waals surface area (Å²) in [6, 6.07) is 13.2. The number of aromatic nitrogens is 3. The Morgan fingerprint density at radius 1 is 1.28 bits per heavy atom. The summed E-state index contributed by atoms with van der Waals surface area (Å²) in [4.78, 5) is 16.2. The number of aromatic amines is 1. The van der Waals surface area contributed by atoms with E-state index in [-0.39, 0.29) is 11.9 Å². The van der Waals surface area contributed by atoms with E-state index in [4.69, 9.17) is 9.47 Å². The monoisotopic (exact) mass is 393 g/mol. The number of hydrogen-bond donors (Lipinski definition) is 2. The number of carbonyl (C=O) groups is 1. The predicted molar refractivity (Wildman–Crippen MR) is 106 cm³/mol. The van der Waals surface area contributed by atoms with Crippen molar-refractivity contribution in [2.75, 3.05) is 6.61 Å². The van der Waals surface area contributed by atoms with Crippen molar-refractivity contribution in [1.82, 2.24) is 15.2 Å². The molecule has 0 aliphatic heterocycles. The molecule has 7 heteroatoms. The van der Waals surface area contributed by atoms with Gasteiger partial charge in [0.15, 0.2) is 0 Å². The lowest BCUT2D eigenvalue weighted by molar-refractivity contribution is -0.165. The SMILES string of the molecule is CCOC(=O)C1CC(O)(c2cccc(COc3ccc(-c4ccn[nH]4)nc3)c2)C1. The van der Waals surface area contributed by atoms with Crippen molar-refractivity contribution in [3.05, 3.63) is 66.0 Å². The first kappa shape index (κ1) is 19.1. The van der Waals surface area contributed by atoms with Crippen LogP contribution in [0.4, 0.5) is 0 Å². The number of hydrogen-bond acceptors (Lipinski definition) is 6. The first-order valence-corrected chi connectivity index (χ1v) is 9.64. The van der Waals surface area contributed by atoms with E-state index in [0.29, 0.717) is 31.8 Å². The van der Waals surface area contributed by atoms with Crippen LogP contribution >= 0.6 is 0 Å². The average Bonchev–Trinajstić information content (AvgIpc) is 3.25. The molecule has 7 nitrogen and oxygen atoms in total. The lowest BCUT2D eigenvalue weighted by Gasteiger charge is -2.42. The zero-order chi connectivity index (χ0) is 20.3. The Hall–Kier alpha value is -3.19. The standard InChI is InChI=1S/C22H23N3O4/c1-2-28-21(26)16-11-22(27,12-16)17-5-3-4-15(10-17)14-29-18-6-7-19(23-13-18)20-8-9-24-25-20/h3-10,13,16,27H,2,11-12,14H2,1H3,(H,24,25). The summed E-state index contributed by atoms with van der Waals surface area (Å²) in [6.45, 7) is 2.50. The normalized spacial score (nSPS) is 20.7. The summed E-state index contributed by atoms with van der Waals surface area (Å²) in [7, 11) is 0. The van der Waals surface area contributed by atoms with E-state index in [0.717, 1.165) is 22.5 Å². The van der Waals surface area contributed by atoms with E-state index in [1.807, 2.05) is 42.5 Å². The zero-order valence-corrected chi connectivity index (χ0v) is 16.2. The summed E-state index contributed by atoms with van der Waals surface area (Å²) in [5.41, 5.74) is 2.39. The maximum atomic E-state index is 11.8. The lowest BCUT2D eigenvalue weighted by Crippen LogP contribution is -2.45. The fourth-order valence-electron chi connectivity index (χ4n) is 3.56. The van der Waals surface area contributed by atoms with Gasteiger partial charge in [-0.05, 0) is 55.2 Å². The highest BCUT2D eigenvalue weighted by atomic mass is 16.5. The topological polar surface area (TPSA) is 97.3 Å². The van der Waals surface area contributed by atoms with Crippen molar-refractivity contribution >= 4 is 5.97 Å². The number of benzene rings is 1. The van der Waals surface area contributed by atoms with Crippen molar-refractivity contribution in [1.29, 1.82) is 0 Å². The highest BCUT2D eigenvalue weighted by Gasteiger charge is 2.48. The molecule has 0 saturated heterocycles. The maximum absolute atomic E-state index is 11.8. The predicted octanol–water partition coefficient (Wildman–Crippen LogP) is 3.21. The van der Waals surface area contributed by atoms with Crippen LogP contribution < -0.4 is 4.74 Å². The molecular formula is C22H23N3O4. The van der Waals surface area contributed by atoms with Crippen LogP contribution in [0.15, 0.2) is 54.9 Å². The molecule has 1 aromatic carbocycles. The van der Waals surface area contributed by atoms with Gasteiger partial charge in [0, 0.05) is 6.20 Å². The minimum absolute atomic E-state index is 0.234. The first-order valence-electron chi connectivity index (χ1n) is 9.64. The maximum Gasteiger partial charge on any atom is 0.309 e. The van der Waals surface area contributed by atoms with Crippen LogP contribution in [0, 0.1) is 5.92 Å². The van der Waals surface area contributed by atoms with E-state index < -0.39 is 5.60 Å². The largest absolute Gasteiger partial charge is 0.487 e. The molecule has 29 heavy (non-hydrogen) atoms. The van der Waals surface area contributed by atoms with Crippen molar-refractivity contribution in [2.24, 2.45) is 5.92 Å². The van der Waals surface area contributed by atoms with Gasteiger partial charge >= 0.3 is 5.97 Å². The highest BCUT2D eigenvalue weighted by Crippen LogP contribution is 2.46. The number of H-pyrrole nitrogens is 1. The molecule has 2 heterocycles. The van der Waals surface area contributed by atoms with Gasteiger partial charge in [-0.1, -0.05) is 18.2 Å². The van der Waals surface area contributed by atoms with Gasteiger partial charge in [0.1, 0.15) is 12.4 Å². The van der Waals surface area contributed by atoms with Gasteiger partial charge in [0.25, 0.3) is 0 Å². The Morgan fingerprint density at radius 3 is 2.83 bits per heavy atom. The number of pyridine rings is 1. The van der Waals surface area contributed by atoms with Crippen molar-refractivity contribution in [3.8, 4) is 17.1 Å². The van der Waals surface area contributed by atoms with E-state index in [1.54, 1.807) is 19.3 Å². The molecule has 3 aromatic rings. The molecule has 0 bridgehead atoms. The highest BCUT2D eigenvalue weighted by molar-refractivity contribution is 5.74. The van der Waals surface area contributed by atoms with Gasteiger partial charge < -0.3 is 14.6 Å². The fraction of sp³-hybridized carbons (Fsp3) is 0.318. The quantitative estimate of drug-likeness (QED) is 0.598. The summed E-state index contributed by atoms with van der Waals surface area (Å²) in [5.74, 6) is 0.186. The Balaban J connectivity index is 1.36. The molecule has 2 N–H and O–H groups in total. The number of nitrogens with zero attached hydrogens (tertiary/aromatic N) is 2. The Bertz CT molecular complexity index is 964. The summed E-state index contributed by atoms with van der Waals surface area (Å²) < 4.78 is 10.9. The number of rotatable bonds is 7. The summed E-state index contributed by atoms with van der Waals surface area (Å²) in [5, 5.41) is 17.6. The summed E-state index contributed by atoms with van der Waals surface area (Å²) in [6.07, 6.45) is 4.12. The molecule has 4 rings (SSSR count). The number of carbonyl (C=O) groups excluding carboxylic acids is 1. The van der Waals surface area contributed by atoms with Crippen LogP contribution in [-0.4, -0.2) is 32.9 Å². The molecule has 0 spiro atoms. The molecule has 1 fully saturated rings. The van der Waals surface area contributed by atoms with Crippen LogP contribution in [0.25, 0.3) is 11.4 Å². The van der Waals surface area contributed by atoms with Gasteiger partial charge in [-0.25, -0.2) is 0 Å². The van der Waals surface area contributed by atoms with Crippen LogP contribution in [0.3, 0.4) is 0 Å². The van der Waals surface area contributed by atoms with Crippen LogP contribution in [0.2, 0.25) is 0 Å². The van der Waals surface area contributed by atoms with Gasteiger partial charge in [0.05, 0.1) is 35.7 Å². The number of nitrogens with one attached hydrogen (secondary N) is 1. The molecule has 0 amide bonds. The van der Waals surface area contributed by atoms with Gasteiger partial charge in [-0.2, -0.15) is 5.10 Å². The zero-order valence-electron chi connectivity index (χ0n) is 16.2. The second kappa shape index (κ2) is 8.05. The summed E-state index contributed by atoms with van der Waals surface area (Å²) >= 11 is 0. The van der Waals surface area contributed by atoms with Gasteiger partial charge in [-0.15, -0.1) is 0 Å². The average molecular weight is 393 g/mol. The lowest BCUT2D eigenvalue weighted by atomic mass is 9.67. The molecule has 0 atom stereocenters. The van der Waals surface area contributed by atoms with Crippen molar-refractivity contribution in [2.45, 2.75) is 32.0 Å². The number of ether oxygens (including phenoxy) is 2. The van der Waals surface area contributed by atoms with Crippen molar-refractivity contribution in [3.63, 3.8) is 0 Å². The van der Waals surface area contributed by atoms with E-state index >= 15 is 0 Å². The second-order valence-electron chi connectivity index (χ2n) is 7.23. The molecule has 2 aromatic heterocycles. The molecule has 1 aliphatic carbocycles. The number of esters is 1.